The van der Waals surface area contributed by atoms with E-state index in [9.17, 15) is 18.0 Å². The highest BCUT2D eigenvalue weighted by Crippen LogP contribution is 2.31. The number of aromatic amines is 1. The van der Waals surface area contributed by atoms with Crippen molar-refractivity contribution in [2.45, 2.75) is 25.8 Å². The number of aryl methyl sites for hydroxylation is 1. The lowest BCUT2D eigenvalue weighted by Crippen LogP contribution is -2.21. The lowest BCUT2D eigenvalue weighted by molar-refractivity contribution is -0.0583. The molecule has 0 fully saturated rings. The molecule has 0 radical (unpaired) electrons. The fourth-order valence-corrected chi connectivity index (χ4v) is 3.61. The number of aliphatic hydroxyl groups excluding tert-OH is 1. The van der Waals surface area contributed by atoms with Crippen LogP contribution in [0, 0.1) is 12.7 Å². The van der Waals surface area contributed by atoms with Crippen LogP contribution in [0.3, 0.4) is 0 Å². The minimum atomic E-state index is -3.69. The number of hydrogen-bond donors (Lipinski definition) is 3. The summed E-state index contributed by atoms with van der Waals surface area (Å²) >= 11 is 0. The second-order valence-corrected chi connectivity index (χ2v) is 7.44. The van der Waals surface area contributed by atoms with Crippen molar-refractivity contribution in [3.8, 4) is 0 Å². The maximum atomic E-state index is 14.7. The van der Waals surface area contributed by atoms with Crippen LogP contribution in [-0.2, 0) is 17.2 Å². The normalized spacial score (nSPS) is 14.5. The minimum absolute atomic E-state index is 0.0168. The number of benzene rings is 1. The van der Waals surface area contributed by atoms with E-state index in [2.05, 4.69) is 20.3 Å². The van der Waals surface area contributed by atoms with Gasteiger partial charge < -0.3 is 20.1 Å². The van der Waals surface area contributed by atoms with E-state index in [1.54, 1.807) is 13.0 Å². The molecular formula is C22H21F3N4O3. The molecule has 3 heterocycles. The molecule has 0 spiro atoms. The largest absolute Gasteiger partial charge is 0.390 e. The second-order valence-electron chi connectivity index (χ2n) is 7.44. The van der Waals surface area contributed by atoms with E-state index in [0.717, 1.165) is 11.6 Å². The Hall–Kier alpha value is -3.24. The van der Waals surface area contributed by atoms with Gasteiger partial charge in [-0.2, -0.15) is 8.78 Å². The number of fused-ring (bicyclic) bond motifs is 1. The van der Waals surface area contributed by atoms with Crippen LogP contribution in [0.5, 0.6) is 0 Å². The summed E-state index contributed by atoms with van der Waals surface area (Å²) in [6.07, 6.45) is 2.42. The van der Waals surface area contributed by atoms with Crippen molar-refractivity contribution in [3.63, 3.8) is 0 Å². The number of halogens is 3. The molecule has 0 saturated carbocycles. The van der Waals surface area contributed by atoms with Crippen molar-refractivity contribution >= 4 is 22.4 Å². The maximum absolute atomic E-state index is 14.7. The van der Waals surface area contributed by atoms with Crippen LogP contribution in [0.4, 0.5) is 19.0 Å². The molecule has 3 N–H and O–H groups in total. The summed E-state index contributed by atoms with van der Waals surface area (Å²) in [5, 5.41) is 12.4. The molecule has 1 aromatic carbocycles. The SMILES string of the molecule is Cc1nc(NCc2cccc(C(F)(F)CO)c2F)c2cc(C3=CCOCC3)c(=O)[nH]c2n1. The Morgan fingerprint density at radius 1 is 1.31 bits per heavy atom. The van der Waals surface area contributed by atoms with E-state index in [0.29, 0.717) is 47.9 Å². The van der Waals surface area contributed by atoms with Gasteiger partial charge in [0.05, 0.1) is 24.2 Å². The predicted octanol–water partition coefficient (Wildman–Crippen LogP) is 3.27. The standard InChI is InChI=1S/C22H21F3N4O3/c1-12-27-19(26-10-14-3-2-4-17(18(14)23)22(24,25)11-30)16-9-15(13-5-7-32-8-6-13)21(31)29-20(16)28-12/h2-5,9,30H,6-8,10-11H2,1H3,(H2,26,27,28,29,31). The van der Waals surface area contributed by atoms with Gasteiger partial charge in [0.25, 0.3) is 11.5 Å². The van der Waals surface area contributed by atoms with Crippen molar-refractivity contribution in [1.29, 1.82) is 0 Å². The smallest absolute Gasteiger partial charge is 0.298 e. The summed E-state index contributed by atoms with van der Waals surface area (Å²) in [5.74, 6) is -4.09. The Morgan fingerprint density at radius 3 is 2.84 bits per heavy atom. The molecule has 1 aliphatic rings. The first kappa shape index (κ1) is 22.0. The topological polar surface area (TPSA) is 100 Å². The summed E-state index contributed by atoms with van der Waals surface area (Å²) in [6, 6.07) is 5.28. The molecular weight excluding hydrogens is 425 g/mol. The van der Waals surface area contributed by atoms with Crippen molar-refractivity contribution in [1.82, 2.24) is 15.0 Å². The summed E-state index contributed by atoms with van der Waals surface area (Å²) < 4.78 is 47.6. The Bertz CT molecular complexity index is 1260. The number of aromatic nitrogens is 3. The summed E-state index contributed by atoms with van der Waals surface area (Å²) in [5.41, 5.74) is 0.433. The predicted molar refractivity (Wildman–Crippen MR) is 113 cm³/mol. The van der Waals surface area contributed by atoms with Crippen LogP contribution in [0.25, 0.3) is 16.6 Å². The van der Waals surface area contributed by atoms with E-state index in [1.165, 1.54) is 12.1 Å². The zero-order valence-electron chi connectivity index (χ0n) is 17.2. The number of nitrogens with one attached hydrogen (secondary N) is 2. The number of nitrogens with zero attached hydrogens (tertiary/aromatic N) is 2. The van der Waals surface area contributed by atoms with Crippen LogP contribution < -0.4 is 10.9 Å². The first-order valence-electron chi connectivity index (χ1n) is 9.99. The molecule has 4 rings (SSSR count). The number of H-pyrrole nitrogens is 1. The van der Waals surface area contributed by atoms with Gasteiger partial charge in [-0.05, 0) is 31.1 Å². The zero-order valence-corrected chi connectivity index (χ0v) is 17.2. The Balaban J connectivity index is 1.71. The number of ether oxygens (including phenoxy) is 1. The quantitative estimate of drug-likeness (QED) is 0.538. The molecule has 0 bridgehead atoms. The fourth-order valence-electron chi connectivity index (χ4n) is 3.61. The lowest BCUT2D eigenvalue weighted by atomic mass is 10.0. The minimum Gasteiger partial charge on any atom is -0.390 e. The van der Waals surface area contributed by atoms with Crippen molar-refractivity contribution in [3.05, 3.63) is 69.0 Å². The molecule has 0 saturated heterocycles. The van der Waals surface area contributed by atoms with Gasteiger partial charge in [-0.15, -0.1) is 0 Å². The maximum Gasteiger partial charge on any atom is 0.298 e. The average molecular weight is 446 g/mol. The van der Waals surface area contributed by atoms with Crippen molar-refractivity contribution < 1.29 is 23.0 Å². The van der Waals surface area contributed by atoms with E-state index in [4.69, 9.17) is 9.84 Å². The number of pyridine rings is 1. The van der Waals surface area contributed by atoms with Gasteiger partial charge in [0.2, 0.25) is 0 Å². The molecule has 0 amide bonds. The van der Waals surface area contributed by atoms with Crippen LogP contribution in [-0.4, -0.2) is 39.9 Å². The highest BCUT2D eigenvalue weighted by molar-refractivity contribution is 5.89. The summed E-state index contributed by atoms with van der Waals surface area (Å²) in [6.45, 7) is 0.926. The highest BCUT2D eigenvalue weighted by atomic mass is 19.3. The molecule has 0 atom stereocenters. The van der Waals surface area contributed by atoms with Gasteiger partial charge in [0, 0.05) is 17.7 Å². The third kappa shape index (κ3) is 4.23. The first-order chi connectivity index (χ1) is 15.3. The van der Waals surface area contributed by atoms with Gasteiger partial charge in [0.15, 0.2) is 0 Å². The molecule has 32 heavy (non-hydrogen) atoms. The lowest BCUT2D eigenvalue weighted by Gasteiger charge is -2.17. The number of aliphatic hydroxyl groups is 1. The Kier molecular flexibility index (Phi) is 5.98. The van der Waals surface area contributed by atoms with Crippen LogP contribution >= 0.6 is 0 Å². The monoisotopic (exact) mass is 446 g/mol. The van der Waals surface area contributed by atoms with Crippen molar-refractivity contribution in [2.75, 3.05) is 25.1 Å². The average Bonchev–Trinajstić information content (AvgIpc) is 2.78. The first-order valence-corrected chi connectivity index (χ1v) is 9.99. The van der Waals surface area contributed by atoms with Gasteiger partial charge in [-0.1, -0.05) is 18.2 Å². The van der Waals surface area contributed by atoms with Gasteiger partial charge in [-0.3, -0.25) is 4.79 Å². The molecule has 168 valence electrons. The van der Waals surface area contributed by atoms with Crippen LogP contribution in [0.2, 0.25) is 0 Å². The number of anilines is 1. The van der Waals surface area contributed by atoms with Crippen LogP contribution in [0.15, 0.2) is 35.1 Å². The number of rotatable bonds is 6. The fraction of sp³-hybridized carbons (Fsp3) is 0.318. The summed E-state index contributed by atoms with van der Waals surface area (Å²) in [7, 11) is 0. The molecule has 0 unspecified atom stereocenters. The highest BCUT2D eigenvalue weighted by Gasteiger charge is 2.34. The zero-order chi connectivity index (χ0) is 22.9. The third-order valence-corrected chi connectivity index (χ3v) is 5.25. The van der Waals surface area contributed by atoms with Gasteiger partial charge in [-0.25, -0.2) is 14.4 Å². The molecule has 0 aliphatic carbocycles. The summed E-state index contributed by atoms with van der Waals surface area (Å²) in [4.78, 5) is 23.9. The van der Waals surface area contributed by atoms with Gasteiger partial charge >= 0.3 is 0 Å². The Morgan fingerprint density at radius 2 is 2.12 bits per heavy atom. The van der Waals surface area contributed by atoms with E-state index >= 15 is 0 Å². The number of alkyl halides is 2. The molecule has 2 aromatic heterocycles. The third-order valence-electron chi connectivity index (χ3n) is 5.25. The molecule has 7 nitrogen and oxygen atoms in total. The number of hydrogen-bond acceptors (Lipinski definition) is 6. The molecule has 1 aliphatic heterocycles. The molecule has 10 heteroatoms. The van der Waals surface area contributed by atoms with Gasteiger partial charge in [0.1, 0.15) is 29.7 Å². The molecule has 3 aromatic rings. The van der Waals surface area contributed by atoms with E-state index < -0.39 is 23.9 Å². The van der Waals surface area contributed by atoms with E-state index in [1.807, 2.05) is 6.08 Å². The van der Waals surface area contributed by atoms with Crippen molar-refractivity contribution in [2.24, 2.45) is 0 Å². The second kappa shape index (κ2) is 8.71. The Labute approximate surface area is 181 Å². The van der Waals surface area contributed by atoms with Crippen LogP contribution in [0.1, 0.15) is 28.9 Å². The van der Waals surface area contributed by atoms with E-state index in [-0.39, 0.29) is 17.7 Å².